The molecule has 0 spiro atoms. The topological polar surface area (TPSA) is 84.9 Å². The summed E-state index contributed by atoms with van der Waals surface area (Å²) in [7, 11) is 0. The summed E-state index contributed by atoms with van der Waals surface area (Å²) in [5.74, 6) is 1.39. The molecule has 4 saturated carbocycles. The molecule has 6 rings (SSSR count). The molecule has 2 amide bonds. The molecule has 4 aliphatic carbocycles. The molecule has 2 atom stereocenters. The van der Waals surface area contributed by atoms with Gasteiger partial charge in [-0.1, -0.05) is 11.3 Å². The summed E-state index contributed by atoms with van der Waals surface area (Å²) in [4.78, 5) is 41.2. The summed E-state index contributed by atoms with van der Waals surface area (Å²) in [6.07, 6.45) is 6.45. The maximum Gasteiger partial charge on any atom is 0.415 e. The van der Waals surface area contributed by atoms with Gasteiger partial charge in [-0.15, -0.1) is 0 Å². The first kappa shape index (κ1) is 22.7. The molecule has 1 N–H and O–H groups in total. The first-order valence-corrected chi connectivity index (χ1v) is 13.1. The van der Waals surface area contributed by atoms with Crippen molar-refractivity contribution in [2.75, 3.05) is 23.4 Å². The maximum atomic E-state index is 13.7. The smallest absolute Gasteiger partial charge is 0.415 e. The Morgan fingerprint density at radius 3 is 2.48 bits per heavy atom. The number of thiophene rings is 1. The van der Waals surface area contributed by atoms with E-state index >= 15 is 0 Å². The lowest BCUT2D eigenvalue weighted by atomic mass is 9.75. The number of carbonyl (C=O) groups excluding carboxylic acids is 3. The highest BCUT2D eigenvalue weighted by molar-refractivity contribution is 7.21. The van der Waals surface area contributed by atoms with E-state index in [-0.39, 0.29) is 17.9 Å². The molecule has 1 aromatic rings. The molecule has 8 heteroatoms. The number of anilines is 2. The number of nitrogens with one attached hydrogen (secondary N) is 1. The van der Waals surface area contributed by atoms with Gasteiger partial charge in [-0.3, -0.25) is 9.69 Å². The third-order valence-corrected chi connectivity index (χ3v) is 8.97. The second-order valence-corrected chi connectivity index (χ2v) is 12.2. The zero-order chi connectivity index (χ0) is 23.5. The van der Waals surface area contributed by atoms with E-state index in [1.807, 2.05) is 20.8 Å². The molecule has 33 heavy (non-hydrogen) atoms. The zero-order valence-corrected chi connectivity index (χ0v) is 20.8. The third-order valence-electron chi connectivity index (χ3n) is 7.80. The lowest BCUT2D eigenvalue weighted by Gasteiger charge is -2.31. The van der Waals surface area contributed by atoms with Crippen LogP contribution in [0.1, 0.15) is 82.1 Å². The predicted octanol–water partition coefficient (Wildman–Crippen LogP) is 5.38. The zero-order valence-electron chi connectivity index (χ0n) is 20.0. The lowest BCUT2D eigenvalue weighted by molar-refractivity contribution is -0.127. The molecular formula is C25H34N2O5S. The van der Waals surface area contributed by atoms with Gasteiger partial charge >= 0.3 is 12.1 Å². The Kier molecular flexibility index (Phi) is 5.50. The number of esters is 1. The van der Waals surface area contributed by atoms with E-state index in [1.54, 1.807) is 11.8 Å². The van der Waals surface area contributed by atoms with Crippen molar-refractivity contribution in [1.29, 1.82) is 0 Å². The Bertz CT molecular complexity index is 980. The Hall–Kier alpha value is -2.09. The van der Waals surface area contributed by atoms with Crippen LogP contribution in [0, 0.1) is 23.2 Å². The number of rotatable bonds is 4. The SMILES string of the molecule is CCOC(=O)c1c(NC(=O)C23CC4CC(CC2C4)C3)sc2c1CCCN2C(=O)OC(C)(C)C. The van der Waals surface area contributed by atoms with Crippen molar-refractivity contribution >= 4 is 39.3 Å². The number of hydrogen-bond donors (Lipinski definition) is 1. The standard InChI is InChI=1S/C25H34N2O5S/c1-5-31-21(28)18-17-7-6-8-27(23(30)32-24(2,3)4)20(17)33-19(18)26-22(29)25-12-14-9-15(13-25)11-16(25)10-14/h14-16H,5-13H2,1-4H3,(H,26,29). The molecule has 1 aliphatic heterocycles. The van der Waals surface area contributed by atoms with Gasteiger partial charge in [-0.2, -0.15) is 0 Å². The Labute approximate surface area is 199 Å². The monoisotopic (exact) mass is 474 g/mol. The first-order chi connectivity index (χ1) is 15.6. The summed E-state index contributed by atoms with van der Waals surface area (Å²) in [6.45, 7) is 8.06. The van der Waals surface area contributed by atoms with Crippen molar-refractivity contribution in [3.8, 4) is 0 Å². The van der Waals surface area contributed by atoms with Gasteiger partial charge in [-0.05, 0) is 90.4 Å². The molecule has 1 aromatic heterocycles. The van der Waals surface area contributed by atoms with Crippen LogP contribution in [-0.4, -0.2) is 36.7 Å². The first-order valence-electron chi connectivity index (χ1n) is 12.3. The molecule has 0 aromatic carbocycles. The Morgan fingerprint density at radius 1 is 1.15 bits per heavy atom. The van der Waals surface area contributed by atoms with Gasteiger partial charge in [0.05, 0.1) is 17.6 Å². The molecule has 4 bridgehead atoms. The van der Waals surface area contributed by atoms with Gasteiger partial charge < -0.3 is 14.8 Å². The normalized spacial score (nSPS) is 29.7. The summed E-state index contributed by atoms with van der Waals surface area (Å²) in [6, 6.07) is 0. The summed E-state index contributed by atoms with van der Waals surface area (Å²) in [5, 5.41) is 4.36. The minimum absolute atomic E-state index is 0.0464. The van der Waals surface area contributed by atoms with Crippen LogP contribution in [0.15, 0.2) is 0 Å². The largest absolute Gasteiger partial charge is 0.462 e. The van der Waals surface area contributed by atoms with E-state index in [1.165, 1.54) is 17.8 Å². The molecule has 2 unspecified atom stereocenters. The number of amides is 2. The van der Waals surface area contributed by atoms with Crippen LogP contribution in [0.25, 0.3) is 0 Å². The van der Waals surface area contributed by atoms with Crippen LogP contribution in [0.3, 0.4) is 0 Å². The minimum atomic E-state index is -0.618. The van der Waals surface area contributed by atoms with Crippen LogP contribution in [0.2, 0.25) is 0 Å². The Morgan fingerprint density at radius 2 is 1.85 bits per heavy atom. The molecule has 5 aliphatic rings. The minimum Gasteiger partial charge on any atom is -0.462 e. The fraction of sp³-hybridized carbons (Fsp3) is 0.720. The number of nitrogens with zero attached hydrogens (tertiary/aromatic N) is 1. The van der Waals surface area contributed by atoms with Crippen LogP contribution in [0.4, 0.5) is 14.8 Å². The van der Waals surface area contributed by atoms with E-state index < -0.39 is 17.7 Å². The van der Waals surface area contributed by atoms with Gasteiger partial charge in [0.25, 0.3) is 0 Å². The van der Waals surface area contributed by atoms with Crippen LogP contribution in [-0.2, 0) is 20.7 Å². The van der Waals surface area contributed by atoms with E-state index in [4.69, 9.17) is 9.47 Å². The molecule has 7 nitrogen and oxygen atoms in total. The van der Waals surface area contributed by atoms with E-state index in [2.05, 4.69) is 5.32 Å². The van der Waals surface area contributed by atoms with Gasteiger partial charge in [0.2, 0.25) is 5.91 Å². The van der Waals surface area contributed by atoms with Crippen molar-refractivity contribution in [3.63, 3.8) is 0 Å². The highest BCUT2D eigenvalue weighted by Crippen LogP contribution is 2.65. The average molecular weight is 475 g/mol. The third kappa shape index (κ3) is 3.84. The van der Waals surface area contributed by atoms with Crippen molar-refractivity contribution in [1.82, 2.24) is 0 Å². The molecule has 2 heterocycles. The second-order valence-electron chi connectivity index (χ2n) is 11.2. The van der Waals surface area contributed by atoms with E-state index in [0.29, 0.717) is 46.3 Å². The fourth-order valence-corrected chi connectivity index (χ4v) is 8.06. The second kappa shape index (κ2) is 8.00. The van der Waals surface area contributed by atoms with Gasteiger partial charge in [-0.25, -0.2) is 9.59 Å². The molecule has 0 saturated heterocycles. The predicted molar refractivity (Wildman–Crippen MR) is 127 cm³/mol. The van der Waals surface area contributed by atoms with Gasteiger partial charge in [0, 0.05) is 12.1 Å². The molecule has 4 fully saturated rings. The van der Waals surface area contributed by atoms with Crippen molar-refractivity contribution in [2.24, 2.45) is 23.2 Å². The van der Waals surface area contributed by atoms with Crippen LogP contribution >= 0.6 is 11.3 Å². The summed E-state index contributed by atoms with van der Waals surface area (Å²) < 4.78 is 11.0. The van der Waals surface area contributed by atoms with Crippen LogP contribution in [0.5, 0.6) is 0 Å². The fourth-order valence-electron chi connectivity index (χ4n) is 6.81. The van der Waals surface area contributed by atoms with E-state index in [0.717, 1.165) is 37.7 Å². The summed E-state index contributed by atoms with van der Waals surface area (Å²) in [5.41, 5.74) is 0.273. The highest BCUT2D eigenvalue weighted by Gasteiger charge is 2.61. The highest BCUT2D eigenvalue weighted by atomic mass is 32.1. The van der Waals surface area contributed by atoms with Crippen LogP contribution < -0.4 is 10.2 Å². The Balaban J connectivity index is 1.48. The number of carbonyl (C=O) groups is 3. The lowest BCUT2D eigenvalue weighted by Crippen LogP contribution is -2.39. The number of hydrogen-bond acceptors (Lipinski definition) is 6. The maximum absolute atomic E-state index is 13.7. The average Bonchev–Trinajstić information content (AvgIpc) is 3.30. The number of fused-ring (bicyclic) bond motifs is 1. The molecule has 180 valence electrons. The number of ether oxygens (including phenoxy) is 2. The van der Waals surface area contributed by atoms with Gasteiger partial charge in [0.1, 0.15) is 15.6 Å². The molecule has 0 radical (unpaired) electrons. The van der Waals surface area contributed by atoms with Crippen molar-refractivity contribution < 1.29 is 23.9 Å². The summed E-state index contributed by atoms with van der Waals surface area (Å²) >= 11 is 1.30. The van der Waals surface area contributed by atoms with Crippen molar-refractivity contribution in [3.05, 3.63) is 11.1 Å². The quantitative estimate of drug-likeness (QED) is 0.593. The van der Waals surface area contributed by atoms with E-state index in [9.17, 15) is 14.4 Å². The molecular weight excluding hydrogens is 440 g/mol. The van der Waals surface area contributed by atoms with Crippen molar-refractivity contribution in [2.45, 2.75) is 78.2 Å². The van der Waals surface area contributed by atoms with Gasteiger partial charge in [0.15, 0.2) is 0 Å².